The van der Waals surface area contributed by atoms with Crippen molar-refractivity contribution in [2.45, 2.75) is 13.1 Å². The molecular formula is C46H44Br2N9O6P3. The zero-order valence-electron chi connectivity index (χ0n) is 36.2. The standard InChI is InChI=1S/C46H44Br2N9O6P3/c1-54-21-22-55(2)30-34-26-36(48)24-32(46(34)59)28-50-57(4)64(56(3)49-27-31-23-35(47)25-33(29-54)45(31)58)51-65(60-41-17-9-5-13-37(41)38-14-6-10-18-42(38)61-65)53-66(52-64)62-43-19-11-7-15-39(43)40-16-8-12-20-44(40)63-66/h5-20,23-28,58-59H,21-22,29-30H2,1-4H3/b49-27-,50-28-. The van der Waals surface area contributed by atoms with E-state index in [9.17, 15) is 10.2 Å². The molecular weight excluding hydrogens is 1030 g/mol. The van der Waals surface area contributed by atoms with E-state index in [0.717, 1.165) is 31.2 Å². The molecule has 0 aliphatic carbocycles. The van der Waals surface area contributed by atoms with E-state index in [4.69, 9.17) is 42.2 Å². The molecule has 4 aliphatic heterocycles. The van der Waals surface area contributed by atoms with Gasteiger partial charge in [-0.2, -0.15) is 14.7 Å². The Morgan fingerprint density at radius 2 is 0.970 bits per heavy atom. The third-order valence-electron chi connectivity index (χ3n) is 11.3. The van der Waals surface area contributed by atoms with Crippen LogP contribution < -0.4 is 18.1 Å². The van der Waals surface area contributed by atoms with E-state index in [1.165, 1.54) is 0 Å². The maximum absolute atomic E-state index is 11.8. The molecule has 2 N–H and O–H groups in total. The van der Waals surface area contributed by atoms with Crippen LogP contribution >= 0.6 is 55.0 Å². The van der Waals surface area contributed by atoms with Crippen LogP contribution in [-0.2, 0) is 13.1 Å². The van der Waals surface area contributed by atoms with Crippen molar-refractivity contribution in [1.82, 2.24) is 19.4 Å². The van der Waals surface area contributed by atoms with E-state index in [-0.39, 0.29) is 11.5 Å². The van der Waals surface area contributed by atoms with E-state index in [2.05, 4.69) is 41.7 Å². The number of benzene rings is 6. The van der Waals surface area contributed by atoms with Gasteiger partial charge in [-0.3, -0.25) is 18.6 Å². The first-order valence-electron chi connectivity index (χ1n) is 20.8. The molecule has 4 aliphatic rings. The van der Waals surface area contributed by atoms with Crippen molar-refractivity contribution in [2.75, 3.05) is 41.3 Å². The van der Waals surface area contributed by atoms with Gasteiger partial charge in [0.15, 0.2) is 11.5 Å². The molecule has 4 bridgehead atoms. The van der Waals surface area contributed by atoms with E-state index in [1.54, 1.807) is 48.2 Å². The molecule has 6 aromatic carbocycles. The first kappa shape index (κ1) is 44.6. The van der Waals surface area contributed by atoms with Crippen LogP contribution in [0.4, 0.5) is 0 Å². The van der Waals surface area contributed by atoms with Gasteiger partial charge in [0.25, 0.3) is 0 Å². The number of fused-ring (bicyclic) bond motifs is 10. The molecule has 0 radical (unpaired) electrons. The summed E-state index contributed by atoms with van der Waals surface area (Å²) in [7, 11) is -4.44. The second-order valence-electron chi connectivity index (χ2n) is 16.1. The molecule has 0 amide bonds. The van der Waals surface area contributed by atoms with Crippen molar-refractivity contribution in [3.05, 3.63) is 157 Å². The van der Waals surface area contributed by atoms with Gasteiger partial charge in [-0.05, 0) is 62.6 Å². The van der Waals surface area contributed by atoms with Crippen LogP contribution in [0.15, 0.2) is 150 Å². The Hall–Kier alpha value is -5.21. The normalized spacial score (nSPS) is 19.4. The number of aromatic hydroxyl groups is 2. The summed E-state index contributed by atoms with van der Waals surface area (Å²) >= 11 is 7.36. The third-order valence-corrected chi connectivity index (χ3v) is 21.3. The highest BCUT2D eigenvalue weighted by Crippen LogP contribution is 2.90. The molecule has 0 aromatic heterocycles. The van der Waals surface area contributed by atoms with Gasteiger partial charge >= 0.3 is 15.7 Å². The van der Waals surface area contributed by atoms with Crippen molar-refractivity contribution in [3.8, 4) is 56.8 Å². The minimum absolute atomic E-state index is 0.0748. The van der Waals surface area contributed by atoms with E-state index < -0.39 is 23.2 Å². The number of para-hydroxylation sites is 4. The van der Waals surface area contributed by atoms with Crippen LogP contribution in [0.5, 0.6) is 34.5 Å². The lowest BCUT2D eigenvalue weighted by molar-refractivity contribution is 0.243. The summed E-state index contributed by atoms with van der Waals surface area (Å²) in [6, 6.07) is 38.0. The molecule has 0 unspecified atom stereocenters. The third kappa shape index (κ3) is 8.52. The van der Waals surface area contributed by atoms with Gasteiger partial charge in [0.2, 0.25) is 0 Å². The second-order valence-corrected chi connectivity index (χ2v) is 25.0. The molecule has 0 atom stereocenters. The molecule has 338 valence electrons. The minimum Gasteiger partial charge on any atom is -0.507 e. The summed E-state index contributed by atoms with van der Waals surface area (Å²) in [5.41, 5.74) is 5.45. The number of hydrogen-bond donors (Lipinski definition) is 2. The lowest BCUT2D eigenvalue weighted by Crippen LogP contribution is -2.30. The number of hydrogen-bond acceptors (Lipinski definition) is 14. The fraction of sp³-hybridized carbons (Fsp3) is 0.174. The summed E-state index contributed by atoms with van der Waals surface area (Å²) in [5.74, 6) is 2.09. The quantitative estimate of drug-likeness (QED) is 0.141. The van der Waals surface area contributed by atoms with Gasteiger partial charge in [-0.1, -0.05) is 105 Å². The van der Waals surface area contributed by atoms with Gasteiger partial charge in [-0.25, -0.2) is 0 Å². The Kier molecular flexibility index (Phi) is 12.0. The Morgan fingerprint density at radius 1 is 0.576 bits per heavy atom. The van der Waals surface area contributed by atoms with Crippen molar-refractivity contribution < 1.29 is 28.3 Å². The number of halogens is 2. The molecule has 10 rings (SSSR count). The van der Waals surface area contributed by atoms with Gasteiger partial charge in [0.05, 0.1) is 12.4 Å². The zero-order valence-corrected chi connectivity index (χ0v) is 42.0. The topological polar surface area (TPSA) is 154 Å². The van der Waals surface area contributed by atoms with Crippen molar-refractivity contribution in [3.63, 3.8) is 0 Å². The molecule has 4 heterocycles. The van der Waals surface area contributed by atoms with Gasteiger partial charge in [0, 0.05) is 98.2 Å². The van der Waals surface area contributed by atoms with Crippen molar-refractivity contribution in [1.29, 1.82) is 0 Å². The van der Waals surface area contributed by atoms with Crippen LogP contribution in [-0.4, -0.2) is 83.3 Å². The fourth-order valence-electron chi connectivity index (χ4n) is 8.00. The molecule has 3 spiro atoms. The first-order valence-corrected chi connectivity index (χ1v) is 27.1. The number of phenols is 2. The maximum Gasteiger partial charge on any atom is 0.486 e. The predicted octanol–water partition coefficient (Wildman–Crippen LogP) is 13.0. The summed E-state index contributed by atoms with van der Waals surface area (Å²) in [6.45, 7) is 2.29. The van der Waals surface area contributed by atoms with Crippen molar-refractivity contribution >= 4 is 67.5 Å². The van der Waals surface area contributed by atoms with E-state index in [0.29, 0.717) is 71.4 Å². The zero-order chi connectivity index (χ0) is 45.8. The molecule has 0 saturated heterocycles. The van der Waals surface area contributed by atoms with Gasteiger partial charge < -0.3 is 33.9 Å². The summed E-state index contributed by atoms with van der Waals surface area (Å²) in [5, 5.41) is 33.7. The Morgan fingerprint density at radius 3 is 1.41 bits per heavy atom. The highest BCUT2D eigenvalue weighted by molar-refractivity contribution is 9.10. The lowest BCUT2D eigenvalue weighted by atomic mass is 10.0. The second kappa shape index (κ2) is 17.8. The van der Waals surface area contributed by atoms with Crippen LogP contribution in [0.25, 0.3) is 27.1 Å². The lowest BCUT2D eigenvalue weighted by Gasteiger charge is -2.48. The highest BCUT2D eigenvalue weighted by Gasteiger charge is 2.56. The van der Waals surface area contributed by atoms with E-state index >= 15 is 0 Å². The fourth-order valence-corrected chi connectivity index (χ4v) is 19.5. The average molecular weight is 1070 g/mol. The number of phenolic OH excluding ortho intramolecular Hbond substituents is 2. The van der Waals surface area contributed by atoms with Gasteiger partial charge in [-0.15, -0.1) is 0 Å². The van der Waals surface area contributed by atoms with E-state index in [1.807, 2.05) is 123 Å². The Bertz CT molecular complexity index is 2900. The van der Waals surface area contributed by atoms with Gasteiger partial charge in [0.1, 0.15) is 30.5 Å². The summed E-state index contributed by atoms with van der Waals surface area (Å²) < 4.78 is 44.1. The maximum atomic E-state index is 11.8. The SMILES string of the molecule is CN1CCN(C)Cc2cc(Br)cc(c2O)/C=N\N(C)P2(=NP3(=N[P+]4([N-]2)Oc2ccccc2-c2ccccc2O4)Oc2ccccc2-c2ccccc2O3)N(C)/N=C\c2cc(Br)cc(c2O)C1. The molecule has 0 fully saturated rings. The number of rotatable bonds is 0. The Labute approximate surface area is 400 Å². The number of likely N-dealkylation sites (N-methyl/N-ethyl adjacent to an activating group) is 2. The average Bonchev–Trinajstić information content (AvgIpc) is 3.51. The summed E-state index contributed by atoms with van der Waals surface area (Å²) in [4.78, 5) is 9.83. The Balaban J connectivity index is 1.25. The smallest absolute Gasteiger partial charge is 0.486 e. The van der Waals surface area contributed by atoms with Crippen LogP contribution in [0.2, 0.25) is 0 Å². The number of hydrazone groups is 2. The van der Waals surface area contributed by atoms with Crippen molar-refractivity contribution in [2.24, 2.45) is 19.2 Å². The molecule has 0 saturated carbocycles. The molecule has 20 heteroatoms. The monoisotopic (exact) mass is 1070 g/mol. The number of nitrogens with zero attached hydrogens (tertiary/aromatic N) is 9. The van der Waals surface area contributed by atoms with Crippen LogP contribution in [0.3, 0.4) is 0 Å². The van der Waals surface area contributed by atoms with Crippen LogP contribution in [0, 0.1) is 0 Å². The first-order chi connectivity index (χ1) is 31.8. The largest absolute Gasteiger partial charge is 0.507 e. The minimum atomic E-state index is -4.02. The summed E-state index contributed by atoms with van der Waals surface area (Å²) in [6.07, 6.45) is 3.15. The molecule has 15 nitrogen and oxygen atoms in total. The molecule has 6 aromatic rings. The highest BCUT2D eigenvalue weighted by atomic mass is 79.9. The molecule has 66 heavy (non-hydrogen) atoms. The predicted molar refractivity (Wildman–Crippen MR) is 270 cm³/mol. The van der Waals surface area contributed by atoms with Crippen LogP contribution in [0.1, 0.15) is 22.3 Å².